The van der Waals surface area contributed by atoms with Crippen LogP contribution in [-0.4, -0.2) is 48.8 Å². The van der Waals surface area contributed by atoms with Gasteiger partial charge in [0.1, 0.15) is 0 Å². The predicted octanol–water partition coefficient (Wildman–Crippen LogP) is 1.42. The van der Waals surface area contributed by atoms with Crippen molar-refractivity contribution in [2.24, 2.45) is 0 Å². The molecule has 2 amide bonds. The van der Waals surface area contributed by atoms with Crippen LogP contribution in [0, 0.1) is 0 Å². The average Bonchev–Trinajstić information content (AvgIpc) is 2.44. The highest BCUT2D eigenvalue weighted by atomic mass is 16.3. The van der Waals surface area contributed by atoms with Gasteiger partial charge in [0.2, 0.25) is 0 Å². The molecule has 0 spiro atoms. The van der Waals surface area contributed by atoms with Crippen molar-refractivity contribution in [1.82, 2.24) is 10.2 Å². The van der Waals surface area contributed by atoms with Gasteiger partial charge in [-0.1, -0.05) is 25.1 Å². The molecule has 1 aliphatic heterocycles. The first-order valence-corrected chi connectivity index (χ1v) is 7.12. The van der Waals surface area contributed by atoms with Crippen molar-refractivity contribution < 1.29 is 9.90 Å². The zero-order valence-corrected chi connectivity index (χ0v) is 12.2. The molecule has 5 nitrogen and oxygen atoms in total. The molecular formula is C15H23N3O2. The summed E-state index contributed by atoms with van der Waals surface area (Å²) in [4.78, 5) is 15.6. The van der Waals surface area contributed by atoms with E-state index in [9.17, 15) is 9.90 Å². The first kappa shape index (κ1) is 14.8. The lowest BCUT2D eigenvalue weighted by Gasteiger charge is -2.36. The van der Waals surface area contributed by atoms with Crippen molar-refractivity contribution >= 4 is 11.7 Å². The molecule has 1 aromatic rings. The molecule has 0 aromatic heterocycles. The van der Waals surface area contributed by atoms with E-state index in [4.69, 9.17) is 0 Å². The minimum atomic E-state index is -0.565. The molecule has 1 atom stereocenters. The maximum absolute atomic E-state index is 12.3. The third kappa shape index (κ3) is 3.29. The summed E-state index contributed by atoms with van der Waals surface area (Å²) in [5, 5.41) is 13.3. The standard InChI is InChI=1S/C15H23N3O2/c1-3-8-16-9-13(19)11-18-14-7-5-4-6-12(14)10-17(2)15(18)20/h4-7,13,16,19H,3,8-11H2,1-2H3. The van der Waals surface area contributed by atoms with Gasteiger partial charge in [-0.3, -0.25) is 4.90 Å². The van der Waals surface area contributed by atoms with Gasteiger partial charge in [-0.2, -0.15) is 0 Å². The molecule has 0 aliphatic carbocycles. The Kier molecular flexibility index (Phi) is 4.98. The number of aliphatic hydroxyl groups excluding tert-OH is 1. The second-order valence-electron chi connectivity index (χ2n) is 5.24. The van der Waals surface area contributed by atoms with Crippen LogP contribution in [0.1, 0.15) is 18.9 Å². The smallest absolute Gasteiger partial charge is 0.324 e. The number of anilines is 1. The lowest BCUT2D eigenvalue weighted by Crippen LogP contribution is -2.49. The number of amides is 2. The third-order valence-corrected chi connectivity index (χ3v) is 3.45. The number of rotatable bonds is 6. The molecule has 2 rings (SSSR count). The Bertz CT molecular complexity index is 464. The van der Waals surface area contributed by atoms with Crippen molar-refractivity contribution in [2.75, 3.05) is 31.6 Å². The molecule has 0 radical (unpaired) electrons. The van der Waals surface area contributed by atoms with E-state index in [1.165, 1.54) is 0 Å². The van der Waals surface area contributed by atoms with Crippen molar-refractivity contribution in [1.29, 1.82) is 0 Å². The Morgan fingerprint density at radius 2 is 2.15 bits per heavy atom. The summed E-state index contributed by atoms with van der Waals surface area (Å²) in [7, 11) is 1.78. The molecule has 1 aliphatic rings. The number of carbonyl (C=O) groups is 1. The number of nitrogens with zero attached hydrogens (tertiary/aromatic N) is 2. The molecule has 2 N–H and O–H groups in total. The Morgan fingerprint density at radius 3 is 2.90 bits per heavy atom. The molecule has 1 unspecified atom stereocenters. The number of aliphatic hydroxyl groups is 1. The van der Waals surface area contributed by atoms with Crippen molar-refractivity contribution in [3.05, 3.63) is 29.8 Å². The zero-order valence-electron chi connectivity index (χ0n) is 12.2. The minimum Gasteiger partial charge on any atom is -0.390 e. The number of β-amino-alcohol motifs (C(OH)–C–C–N with tert-alkyl or cyclic N) is 1. The van der Waals surface area contributed by atoms with Gasteiger partial charge in [0.25, 0.3) is 0 Å². The monoisotopic (exact) mass is 277 g/mol. The van der Waals surface area contributed by atoms with E-state index in [1.54, 1.807) is 16.8 Å². The topological polar surface area (TPSA) is 55.8 Å². The van der Waals surface area contributed by atoms with E-state index in [-0.39, 0.29) is 6.03 Å². The normalized spacial score (nSPS) is 16.2. The SMILES string of the molecule is CCCNCC(O)CN1C(=O)N(C)Cc2ccccc21. The Hall–Kier alpha value is -1.59. The van der Waals surface area contributed by atoms with Crippen molar-refractivity contribution in [3.8, 4) is 0 Å². The number of nitrogens with one attached hydrogen (secondary N) is 1. The van der Waals surface area contributed by atoms with Gasteiger partial charge >= 0.3 is 6.03 Å². The number of para-hydroxylation sites is 1. The van der Waals surface area contributed by atoms with Gasteiger partial charge in [0.15, 0.2) is 0 Å². The maximum Gasteiger partial charge on any atom is 0.324 e. The highest BCUT2D eigenvalue weighted by Gasteiger charge is 2.28. The third-order valence-electron chi connectivity index (χ3n) is 3.45. The highest BCUT2D eigenvalue weighted by molar-refractivity contribution is 5.94. The fourth-order valence-corrected chi connectivity index (χ4v) is 2.44. The Labute approximate surface area is 120 Å². The molecule has 1 heterocycles. The molecule has 0 saturated heterocycles. The number of fused-ring (bicyclic) bond motifs is 1. The van der Waals surface area contributed by atoms with Gasteiger partial charge < -0.3 is 15.3 Å². The fourth-order valence-electron chi connectivity index (χ4n) is 2.44. The van der Waals surface area contributed by atoms with Gasteiger partial charge in [-0.25, -0.2) is 4.79 Å². The quantitative estimate of drug-likeness (QED) is 0.773. The van der Waals surface area contributed by atoms with Crippen LogP contribution in [0.25, 0.3) is 0 Å². The summed E-state index contributed by atoms with van der Waals surface area (Å²) in [5.41, 5.74) is 2.02. The lowest BCUT2D eigenvalue weighted by atomic mass is 10.1. The van der Waals surface area contributed by atoms with Crippen LogP contribution in [0.5, 0.6) is 0 Å². The number of benzene rings is 1. The minimum absolute atomic E-state index is 0.0572. The highest BCUT2D eigenvalue weighted by Crippen LogP contribution is 2.27. The summed E-state index contributed by atoms with van der Waals surface area (Å²) < 4.78 is 0. The molecule has 0 saturated carbocycles. The maximum atomic E-state index is 12.3. The van der Waals surface area contributed by atoms with Gasteiger partial charge in [0.05, 0.1) is 18.3 Å². The zero-order chi connectivity index (χ0) is 14.5. The van der Waals surface area contributed by atoms with Crippen LogP contribution < -0.4 is 10.2 Å². The summed E-state index contributed by atoms with van der Waals surface area (Å²) >= 11 is 0. The molecular weight excluding hydrogens is 254 g/mol. The predicted molar refractivity (Wildman–Crippen MR) is 79.8 cm³/mol. The Balaban J connectivity index is 2.07. The summed E-state index contributed by atoms with van der Waals surface area (Å²) in [5.74, 6) is 0. The molecule has 20 heavy (non-hydrogen) atoms. The first-order valence-electron chi connectivity index (χ1n) is 7.12. The number of urea groups is 1. The molecule has 110 valence electrons. The average molecular weight is 277 g/mol. The molecule has 0 fully saturated rings. The van der Waals surface area contributed by atoms with Crippen molar-refractivity contribution in [3.63, 3.8) is 0 Å². The van der Waals surface area contributed by atoms with E-state index in [1.807, 2.05) is 24.3 Å². The number of carbonyl (C=O) groups excluding carboxylic acids is 1. The van der Waals surface area contributed by atoms with Gasteiger partial charge in [-0.05, 0) is 24.6 Å². The van der Waals surface area contributed by atoms with Crippen LogP contribution in [0.15, 0.2) is 24.3 Å². The van der Waals surface area contributed by atoms with E-state index >= 15 is 0 Å². The van der Waals surface area contributed by atoms with Crippen LogP contribution in [0.4, 0.5) is 10.5 Å². The van der Waals surface area contributed by atoms with Crippen LogP contribution >= 0.6 is 0 Å². The van der Waals surface area contributed by atoms with Crippen LogP contribution in [-0.2, 0) is 6.54 Å². The Morgan fingerprint density at radius 1 is 1.40 bits per heavy atom. The summed E-state index contributed by atoms with van der Waals surface area (Å²) in [6.07, 6.45) is 0.464. The van der Waals surface area contributed by atoms with Crippen LogP contribution in [0.2, 0.25) is 0 Å². The van der Waals surface area contributed by atoms with Crippen LogP contribution in [0.3, 0.4) is 0 Å². The second kappa shape index (κ2) is 6.72. The van der Waals surface area contributed by atoms with E-state index in [2.05, 4.69) is 12.2 Å². The van der Waals surface area contributed by atoms with Crippen molar-refractivity contribution in [2.45, 2.75) is 26.0 Å². The second-order valence-corrected chi connectivity index (χ2v) is 5.24. The molecule has 1 aromatic carbocycles. The summed E-state index contributed by atoms with van der Waals surface area (Å²) in [6.45, 7) is 4.40. The fraction of sp³-hybridized carbons (Fsp3) is 0.533. The van der Waals surface area contributed by atoms with E-state index < -0.39 is 6.10 Å². The molecule has 5 heteroatoms. The summed E-state index contributed by atoms with van der Waals surface area (Å²) in [6, 6.07) is 7.80. The van der Waals surface area contributed by atoms with E-state index in [0.29, 0.717) is 19.6 Å². The van der Waals surface area contributed by atoms with E-state index in [0.717, 1.165) is 24.2 Å². The van der Waals surface area contributed by atoms with Gasteiger partial charge in [0, 0.05) is 20.1 Å². The number of hydrogen-bond donors (Lipinski definition) is 2. The molecule has 0 bridgehead atoms. The number of hydrogen-bond acceptors (Lipinski definition) is 3. The lowest BCUT2D eigenvalue weighted by molar-refractivity contribution is 0.168. The van der Waals surface area contributed by atoms with Gasteiger partial charge in [-0.15, -0.1) is 0 Å². The largest absolute Gasteiger partial charge is 0.390 e. The first-order chi connectivity index (χ1) is 9.63.